The molecule has 5 aromatic rings. The second kappa shape index (κ2) is 14.3. The molecule has 1 atom stereocenters. The monoisotopic (exact) mass is 574 g/mol. The van der Waals surface area contributed by atoms with E-state index >= 15 is 0 Å². The molecule has 0 saturated heterocycles. The number of benzene rings is 5. The molecule has 198 valence electrons. The van der Waals surface area contributed by atoms with E-state index in [0.29, 0.717) is 0 Å². The first kappa shape index (κ1) is 28.2. The van der Waals surface area contributed by atoms with Crippen LogP contribution in [0.2, 0.25) is 0 Å². The van der Waals surface area contributed by atoms with Gasteiger partial charge in [-0.15, -0.1) is 0 Å². The fourth-order valence-corrected chi connectivity index (χ4v) is 9.65. The minimum absolute atomic E-state index is 0.123. The Morgan fingerprint density at radius 2 is 0.950 bits per heavy atom. The lowest BCUT2D eigenvalue weighted by atomic mass is 10.3. The summed E-state index contributed by atoms with van der Waals surface area (Å²) in [5, 5.41) is 0. The van der Waals surface area contributed by atoms with Gasteiger partial charge in [0.1, 0.15) is 0 Å². The third-order valence-electron chi connectivity index (χ3n) is 6.26. The Bertz CT molecular complexity index is 1480. The van der Waals surface area contributed by atoms with Gasteiger partial charge in [-0.2, -0.15) is 0 Å². The molecule has 0 spiro atoms. The van der Waals surface area contributed by atoms with E-state index in [1.807, 2.05) is 11.8 Å². The summed E-state index contributed by atoms with van der Waals surface area (Å²) in [6, 6.07) is 50.8. The lowest BCUT2D eigenvalue weighted by molar-refractivity contribution is 1.22. The maximum absolute atomic E-state index is 2.36. The van der Waals surface area contributed by atoms with Gasteiger partial charge in [0, 0.05) is 9.79 Å². The van der Waals surface area contributed by atoms with E-state index in [4.69, 9.17) is 0 Å². The Balaban J connectivity index is 1.38. The van der Waals surface area contributed by atoms with Crippen molar-refractivity contribution in [3.05, 3.63) is 163 Å². The Hall–Kier alpha value is -3.37. The zero-order valence-corrected chi connectivity index (χ0v) is 25.4. The lowest BCUT2D eigenvalue weighted by Crippen LogP contribution is -2.06. The fraction of sp³-hybridized carbons (Fsp3) is 0.0811. The number of hydrogen-bond donors (Lipinski definition) is 0. The zero-order chi connectivity index (χ0) is 27.6. The topological polar surface area (TPSA) is 0 Å². The third-order valence-corrected chi connectivity index (χ3v) is 11.8. The summed E-state index contributed by atoms with van der Waals surface area (Å²) in [7, 11) is -0.246. The molecule has 0 bridgehead atoms. The highest BCUT2D eigenvalue weighted by atomic mass is 32.2. The molecule has 0 saturated carbocycles. The van der Waals surface area contributed by atoms with Crippen LogP contribution in [0.15, 0.2) is 197 Å². The van der Waals surface area contributed by atoms with Gasteiger partial charge in [-0.1, -0.05) is 79.4 Å². The summed E-state index contributed by atoms with van der Waals surface area (Å²) in [6.07, 6.45) is 7.80. The SMILES string of the molecule is C/C=C\C(=C/CC)[S+](c1ccccc1)c1ccc(Sc2ccc([S+](c3ccccc3)c3ccccc3)cc2)cc1. The molecular weight excluding hydrogens is 541 g/mol. The molecule has 5 rings (SSSR count). The molecule has 0 aliphatic heterocycles. The molecule has 0 N–H and O–H groups in total. The van der Waals surface area contributed by atoms with Crippen molar-refractivity contribution in [2.45, 2.75) is 54.5 Å². The van der Waals surface area contributed by atoms with Crippen LogP contribution in [0.3, 0.4) is 0 Å². The van der Waals surface area contributed by atoms with Crippen molar-refractivity contribution in [3.63, 3.8) is 0 Å². The number of hydrogen-bond acceptors (Lipinski definition) is 1. The molecule has 0 aliphatic rings. The fourth-order valence-electron chi connectivity index (χ4n) is 4.49. The zero-order valence-electron chi connectivity index (χ0n) is 22.9. The molecule has 1 unspecified atom stereocenters. The standard InChI is InChI=1S/C37H34S3/c1-3-14-32(15-4-2)39(33-16-8-5-9-17-33)36-26-22-30(23-27-36)38-31-24-28-37(29-25-31)40(34-18-10-6-11-19-34)35-20-12-7-13-21-35/h3,5-29H,4H2,1-2H3/q+2/b14-3-,32-15+. The summed E-state index contributed by atoms with van der Waals surface area (Å²) in [6.45, 7) is 4.31. The van der Waals surface area contributed by atoms with Gasteiger partial charge < -0.3 is 0 Å². The largest absolute Gasteiger partial charge is 0.166 e. The first-order valence-corrected chi connectivity index (χ1v) is 16.9. The predicted octanol–water partition coefficient (Wildman–Crippen LogP) is 10.8. The Labute approximate surface area is 249 Å². The van der Waals surface area contributed by atoms with E-state index in [1.165, 1.54) is 39.2 Å². The first-order chi connectivity index (χ1) is 19.8. The summed E-state index contributed by atoms with van der Waals surface area (Å²) < 4.78 is 0. The summed E-state index contributed by atoms with van der Waals surface area (Å²) in [4.78, 5) is 10.6. The van der Waals surface area contributed by atoms with E-state index in [9.17, 15) is 0 Å². The Kier molecular flexibility index (Phi) is 10.1. The summed E-state index contributed by atoms with van der Waals surface area (Å²) >= 11 is 1.82. The molecule has 0 heterocycles. The van der Waals surface area contributed by atoms with Gasteiger partial charge in [-0.05, 0) is 110 Å². The molecule has 0 aliphatic carbocycles. The highest BCUT2D eigenvalue weighted by Gasteiger charge is 2.30. The van der Waals surface area contributed by atoms with Gasteiger partial charge in [-0.25, -0.2) is 0 Å². The number of rotatable bonds is 10. The van der Waals surface area contributed by atoms with Gasteiger partial charge in [0.15, 0.2) is 29.4 Å². The average molecular weight is 575 g/mol. The average Bonchev–Trinajstić information content (AvgIpc) is 3.01. The lowest BCUT2D eigenvalue weighted by Gasteiger charge is -2.10. The Morgan fingerprint density at radius 1 is 0.550 bits per heavy atom. The van der Waals surface area contributed by atoms with Crippen LogP contribution >= 0.6 is 11.8 Å². The Morgan fingerprint density at radius 3 is 1.40 bits per heavy atom. The summed E-state index contributed by atoms with van der Waals surface area (Å²) in [5.41, 5.74) is 0. The van der Waals surface area contributed by atoms with Gasteiger partial charge in [-0.3, -0.25) is 0 Å². The molecule has 0 aromatic heterocycles. The van der Waals surface area contributed by atoms with Crippen molar-refractivity contribution in [2.24, 2.45) is 0 Å². The van der Waals surface area contributed by atoms with Crippen molar-refractivity contribution in [3.8, 4) is 0 Å². The van der Waals surface area contributed by atoms with Crippen LogP contribution in [-0.4, -0.2) is 0 Å². The highest BCUT2D eigenvalue weighted by molar-refractivity contribution is 8.01. The normalized spacial score (nSPS) is 12.6. The van der Waals surface area contributed by atoms with Crippen molar-refractivity contribution >= 4 is 33.6 Å². The van der Waals surface area contributed by atoms with Gasteiger partial charge >= 0.3 is 0 Å². The third kappa shape index (κ3) is 7.03. The molecule has 3 heteroatoms. The van der Waals surface area contributed by atoms with Crippen LogP contribution in [0, 0.1) is 0 Å². The van der Waals surface area contributed by atoms with E-state index in [-0.39, 0.29) is 21.8 Å². The van der Waals surface area contributed by atoms with Gasteiger partial charge in [0.2, 0.25) is 0 Å². The van der Waals surface area contributed by atoms with Crippen LogP contribution in [0.25, 0.3) is 0 Å². The molecular formula is C37H34S3+2. The summed E-state index contributed by atoms with van der Waals surface area (Å²) in [5.74, 6) is 0. The maximum atomic E-state index is 2.36. The van der Waals surface area contributed by atoms with Crippen LogP contribution in [0.1, 0.15) is 20.3 Å². The molecule has 0 fully saturated rings. The van der Waals surface area contributed by atoms with Crippen LogP contribution in [0.5, 0.6) is 0 Å². The smallest absolute Gasteiger partial charge is 0.0901 e. The highest BCUT2D eigenvalue weighted by Crippen LogP contribution is 2.36. The van der Waals surface area contributed by atoms with E-state index in [1.54, 1.807) is 0 Å². The van der Waals surface area contributed by atoms with Crippen LogP contribution in [0.4, 0.5) is 0 Å². The van der Waals surface area contributed by atoms with Crippen LogP contribution in [-0.2, 0) is 21.8 Å². The van der Waals surface area contributed by atoms with Crippen LogP contribution < -0.4 is 0 Å². The second-order valence-electron chi connectivity index (χ2n) is 9.11. The molecule has 0 amide bonds. The van der Waals surface area contributed by atoms with Crippen molar-refractivity contribution < 1.29 is 0 Å². The minimum atomic E-state index is -0.124. The number of allylic oxidation sites excluding steroid dienone is 3. The van der Waals surface area contributed by atoms with E-state index in [2.05, 4.69) is 172 Å². The minimum Gasteiger partial charge on any atom is -0.0901 e. The second-order valence-corrected chi connectivity index (χ2v) is 14.3. The van der Waals surface area contributed by atoms with Crippen molar-refractivity contribution in [2.75, 3.05) is 0 Å². The maximum Gasteiger partial charge on any atom is 0.166 e. The first-order valence-electron chi connectivity index (χ1n) is 13.6. The van der Waals surface area contributed by atoms with Gasteiger partial charge in [0.25, 0.3) is 0 Å². The molecule has 5 aromatic carbocycles. The van der Waals surface area contributed by atoms with E-state index < -0.39 is 0 Å². The van der Waals surface area contributed by atoms with Crippen molar-refractivity contribution in [1.29, 1.82) is 0 Å². The molecule has 40 heavy (non-hydrogen) atoms. The van der Waals surface area contributed by atoms with Gasteiger partial charge in [0.05, 0.1) is 21.8 Å². The molecule has 0 nitrogen and oxygen atoms in total. The quantitative estimate of drug-likeness (QED) is 0.118. The van der Waals surface area contributed by atoms with Crippen molar-refractivity contribution in [1.82, 2.24) is 0 Å². The van der Waals surface area contributed by atoms with E-state index in [0.717, 1.165) is 6.42 Å². The predicted molar refractivity (Wildman–Crippen MR) is 176 cm³/mol. The molecule has 0 radical (unpaired) electrons.